The molecule has 0 aliphatic carbocycles. The van der Waals surface area contributed by atoms with Gasteiger partial charge in [-0.15, -0.1) is 11.3 Å². The molecule has 2 aromatic rings. The zero-order valence-corrected chi connectivity index (χ0v) is 12.9. The summed E-state index contributed by atoms with van der Waals surface area (Å²) in [4.78, 5) is 1.09. The third-order valence-electron chi connectivity index (χ3n) is 3.11. The average molecular weight is 300 g/mol. The molecule has 0 saturated carbocycles. The van der Waals surface area contributed by atoms with Gasteiger partial charge in [-0.3, -0.25) is 4.68 Å². The van der Waals surface area contributed by atoms with E-state index in [0.717, 1.165) is 33.5 Å². The predicted octanol–water partition coefficient (Wildman–Crippen LogP) is 2.95. The summed E-state index contributed by atoms with van der Waals surface area (Å²) in [6.07, 6.45) is 1.50. The van der Waals surface area contributed by atoms with Crippen LogP contribution in [-0.4, -0.2) is 16.9 Å². The van der Waals surface area contributed by atoms with Gasteiger partial charge in [0.25, 0.3) is 0 Å². The van der Waals surface area contributed by atoms with E-state index in [1.165, 1.54) is 0 Å². The number of aromatic nitrogens is 2. The first kappa shape index (κ1) is 14.4. The Balaban J connectivity index is 2.18. The largest absolute Gasteiger partial charge is 0.496 e. The van der Waals surface area contributed by atoms with Crippen molar-refractivity contribution in [1.29, 1.82) is 0 Å². The number of rotatable bonds is 5. The maximum Gasteiger partial charge on any atom is 0.129 e. The summed E-state index contributed by atoms with van der Waals surface area (Å²) in [6.45, 7) is 2.04. The number of hydrogen-bond acceptors (Lipinski definition) is 4. The maximum absolute atomic E-state index is 6.33. The van der Waals surface area contributed by atoms with Crippen molar-refractivity contribution in [3.8, 4) is 5.75 Å². The van der Waals surface area contributed by atoms with Gasteiger partial charge in [-0.1, -0.05) is 18.5 Å². The molecule has 0 aliphatic heterocycles. The quantitative estimate of drug-likeness (QED) is 0.923. The van der Waals surface area contributed by atoms with Gasteiger partial charge in [-0.25, -0.2) is 0 Å². The number of ether oxygens (including phenoxy) is 1. The van der Waals surface area contributed by atoms with Gasteiger partial charge in [0, 0.05) is 29.8 Å². The van der Waals surface area contributed by atoms with Crippen LogP contribution in [0.2, 0.25) is 5.02 Å². The summed E-state index contributed by atoms with van der Waals surface area (Å²) in [5.74, 6) is 0.848. The highest BCUT2D eigenvalue weighted by Crippen LogP contribution is 2.30. The summed E-state index contributed by atoms with van der Waals surface area (Å²) in [6, 6.07) is 1.88. The Kier molecular flexibility index (Phi) is 4.50. The number of halogens is 1. The second kappa shape index (κ2) is 5.94. The number of aryl methyl sites for hydroxylation is 2. The molecule has 0 saturated heterocycles. The zero-order chi connectivity index (χ0) is 14.0. The van der Waals surface area contributed by atoms with Gasteiger partial charge >= 0.3 is 0 Å². The normalized spacial score (nSPS) is 12.7. The summed E-state index contributed by atoms with van der Waals surface area (Å²) in [7, 11) is 3.56. The molecule has 6 heteroatoms. The lowest BCUT2D eigenvalue weighted by atomic mass is 10.1. The second-order valence-corrected chi connectivity index (χ2v) is 5.70. The highest BCUT2D eigenvalue weighted by Gasteiger charge is 2.18. The smallest absolute Gasteiger partial charge is 0.129 e. The molecule has 19 heavy (non-hydrogen) atoms. The minimum atomic E-state index is -0.0912. The molecular formula is C13H18ClN3OS. The van der Waals surface area contributed by atoms with E-state index in [1.807, 2.05) is 30.1 Å². The first-order valence-electron chi connectivity index (χ1n) is 6.15. The monoisotopic (exact) mass is 299 g/mol. The van der Waals surface area contributed by atoms with Gasteiger partial charge in [0.05, 0.1) is 23.5 Å². The van der Waals surface area contributed by atoms with E-state index >= 15 is 0 Å². The van der Waals surface area contributed by atoms with Crippen molar-refractivity contribution in [3.05, 3.63) is 32.7 Å². The predicted molar refractivity (Wildman–Crippen MR) is 79.1 cm³/mol. The molecule has 0 fully saturated rings. The maximum atomic E-state index is 6.33. The van der Waals surface area contributed by atoms with E-state index in [0.29, 0.717) is 6.42 Å². The minimum absolute atomic E-state index is 0.0912. The number of hydrogen-bond donors (Lipinski definition) is 1. The molecule has 104 valence electrons. The van der Waals surface area contributed by atoms with Gasteiger partial charge < -0.3 is 10.5 Å². The van der Waals surface area contributed by atoms with E-state index in [2.05, 4.69) is 5.10 Å². The zero-order valence-electron chi connectivity index (χ0n) is 11.3. The van der Waals surface area contributed by atoms with Crippen LogP contribution in [0.5, 0.6) is 5.75 Å². The fraction of sp³-hybridized carbons (Fsp3) is 0.462. The summed E-state index contributed by atoms with van der Waals surface area (Å²) in [5.41, 5.74) is 8.15. The van der Waals surface area contributed by atoms with Crippen LogP contribution >= 0.6 is 22.9 Å². The Hall–Kier alpha value is -1.04. The molecule has 2 heterocycles. The lowest BCUT2D eigenvalue weighted by Crippen LogP contribution is -2.14. The van der Waals surface area contributed by atoms with Gasteiger partial charge in [0.1, 0.15) is 5.75 Å². The topological polar surface area (TPSA) is 53.1 Å². The van der Waals surface area contributed by atoms with E-state index in [9.17, 15) is 0 Å². The number of nitrogens with two attached hydrogens (primary N) is 1. The Morgan fingerprint density at radius 2 is 2.32 bits per heavy atom. The van der Waals surface area contributed by atoms with Crippen LogP contribution in [0.3, 0.4) is 0 Å². The summed E-state index contributed by atoms with van der Waals surface area (Å²) < 4.78 is 7.00. The van der Waals surface area contributed by atoms with Crippen molar-refractivity contribution in [2.45, 2.75) is 25.8 Å². The van der Waals surface area contributed by atoms with Gasteiger partial charge in [-0.05, 0) is 12.5 Å². The molecule has 0 aromatic carbocycles. The molecule has 2 rings (SSSR count). The molecular weight excluding hydrogens is 282 g/mol. The van der Waals surface area contributed by atoms with Crippen molar-refractivity contribution in [1.82, 2.24) is 9.78 Å². The molecule has 1 atom stereocenters. The second-order valence-electron chi connectivity index (χ2n) is 4.38. The van der Waals surface area contributed by atoms with Crippen molar-refractivity contribution < 1.29 is 4.74 Å². The molecule has 0 amide bonds. The fourth-order valence-corrected chi connectivity index (χ4v) is 3.22. The standard InChI is InChI=1S/C13H18ClN3OS/c1-4-10-13(14)11(17(2)16-10)6-9(15)12-5-8(18-3)7-19-12/h5,7,9H,4,6,15H2,1-3H3. The van der Waals surface area contributed by atoms with E-state index in [-0.39, 0.29) is 6.04 Å². The van der Waals surface area contributed by atoms with E-state index in [4.69, 9.17) is 22.1 Å². The number of methoxy groups -OCH3 is 1. The third-order valence-corrected chi connectivity index (χ3v) is 4.59. The first-order chi connectivity index (χ1) is 9.06. The van der Waals surface area contributed by atoms with E-state index < -0.39 is 0 Å². The summed E-state index contributed by atoms with van der Waals surface area (Å²) in [5, 5.41) is 7.10. The van der Waals surface area contributed by atoms with Crippen LogP contribution in [-0.2, 0) is 19.9 Å². The van der Waals surface area contributed by atoms with Crippen LogP contribution in [0.15, 0.2) is 11.4 Å². The first-order valence-corrected chi connectivity index (χ1v) is 7.40. The van der Waals surface area contributed by atoms with Gasteiger partial charge in [0.2, 0.25) is 0 Å². The Morgan fingerprint density at radius 3 is 2.84 bits per heavy atom. The van der Waals surface area contributed by atoms with Gasteiger partial charge in [0.15, 0.2) is 0 Å². The average Bonchev–Trinajstić information content (AvgIpc) is 2.98. The number of thiophene rings is 1. The van der Waals surface area contributed by atoms with Crippen LogP contribution in [0, 0.1) is 0 Å². The highest BCUT2D eigenvalue weighted by molar-refractivity contribution is 7.10. The van der Waals surface area contributed by atoms with Gasteiger partial charge in [-0.2, -0.15) is 5.10 Å². The van der Waals surface area contributed by atoms with Crippen LogP contribution in [0.4, 0.5) is 0 Å². The van der Waals surface area contributed by atoms with Crippen LogP contribution in [0.1, 0.15) is 29.2 Å². The van der Waals surface area contributed by atoms with Crippen LogP contribution < -0.4 is 10.5 Å². The van der Waals surface area contributed by atoms with Crippen LogP contribution in [0.25, 0.3) is 0 Å². The SMILES string of the molecule is CCc1nn(C)c(CC(N)c2cc(OC)cs2)c1Cl. The molecule has 2 aromatic heterocycles. The lowest BCUT2D eigenvalue weighted by molar-refractivity contribution is 0.416. The molecule has 0 aliphatic rings. The minimum Gasteiger partial charge on any atom is -0.496 e. The van der Waals surface area contributed by atoms with Crippen molar-refractivity contribution in [3.63, 3.8) is 0 Å². The van der Waals surface area contributed by atoms with Crippen molar-refractivity contribution in [2.75, 3.05) is 7.11 Å². The Bertz CT molecular complexity index is 564. The molecule has 0 radical (unpaired) electrons. The van der Waals surface area contributed by atoms with Crippen molar-refractivity contribution >= 4 is 22.9 Å². The fourth-order valence-electron chi connectivity index (χ4n) is 1.99. The highest BCUT2D eigenvalue weighted by atomic mass is 35.5. The lowest BCUT2D eigenvalue weighted by Gasteiger charge is -2.10. The third kappa shape index (κ3) is 2.94. The number of nitrogens with zero attached hydrogens (tertiary/aromatic N) is 2. The molecule has 1 unspecified atom stereocenters. The Labute approximate surface area is 122 Å². The summed E-state index contributed by atoms with van der Waals surface area (Å²) >= 11 is 7.94. The molecule has 2 N–H and O–H groups in total. The molecule has 0 spiro atoms. The molecule has 4 nitrogen and oxygen atoms in total. The Morgan fingerprint density at radius 1 is 1.58 bits per heavy atom. The van der Waals surface area contributed by atoms with Crippen molar-refractivity contribution in [2.24, 2.45) is 12.8 Å². The molecule has 0 bridgehead atoms. The van der Waals surface area contributed by atoms with E-state index in [1.54, 1.807) is 18.4 Å².